The molecule has 1 heterocycles. The highest BCUT2D eigenvalue weighted by Gasteiger charge is 2.04. The number of nitrogens with zero attached hydrogens (tertiary/aromatic N) is 3. The number of hydrogen-bond acceptors (Lipinski definition) is 2. The smallest absolute Gasteiger partial charge is 0.125 e. The van der Waals surface area contributed by atoms with Gasteiger partial charge in [-0.3, -0.25) is 0 Å². The molecule has 0 N–H and O–H groups in total. The Kier molecular flexibility index (Phi) is 2.58. The van der Waals surface area contributed by atoms with Gasteiger partial charge in [0.25, 0.3) is 0 Å². The molecule has 0 bridgehead atoms. The van der Waals surface area contributed by atoms with Crippen molar-refractivity contribution >= 4 is 15.9 Å². The Labute approximate surface area is 88.7 Å². The summed E-state index contributed by atoms with van der Waals surface area (Å²) in [6.45, 7) is 0. The Morgan fingerprint density at radius 2 is 2.29 bits per heavy atom. The van der Waals surface area contributed by atoms with E-state index in [1.807, 2.05) is 0 Å². The summed E-state index contributed by atoms with van der Waals surface area (Å²) >= 11 is 3.31. The molecule has 0 aliphatic heterocycles. The van der Waals surface area contributed by atoms with Gasteiger partial charge in [0, 0.05) is 5.33 Å². The number of hydrogen-bond donors (Lipinski definition) is 0. The van der Waals surface area contributed by atoms with E-state index in [1.54, 1.807) is 23.0 Å². The van der Waals surface area contributed by atoms with E-state index in [0.717, 1.165) is 5.69 Å². The van der Waals surface area contributed by atoms with Crippen molar-refractivity contribution in [2.75, 3.05) is 0 Å². The summed E-state index contributed by atoms with van der Waals surface area (Å²) in [5.74, 6) is -0.279. The summed E-state index contributed by atoms with van der Waals surface area (Å²) in [5, 5.41) is 8.26. The highest BCUT2D eigenvalue weighted by atomic mass is 79.9. The second-order valence-electron chi connectivity index (χ2n) is 2.75. The van der Waals surface area contributed by atoms with E-state index >= 15 is 0 Å². The molecule has 1 aromatic carbocycles. The van der Waals surface area contributed by atoms with E-state index < -0.39 is 0 Å². The molecule has 0 unspecified atom stereocenters. The third-order valence-corrected chi connectivity index (χ3v) is 2.38. The number of alkyl halides is 1. The Morgan fingerprint density at radius 3 is 3.00 bits per heavy atom. The Hall–Kier alpha value is -1.23. The number of aromatic nitrogens is 3. The standard InChI is InChI=1S/C9H7BrFN3/c10-5-9-6-12-13-14(9)8-3-1-2-7(11)4-8/h1-4,6H,5H2. The molecule has 0 atom stereocenters. The van der Waals surface area contributed by atoms with Crippen molar-refractivity contribution < 1.29 is 4.39 Å². The minimum absolute atomic E-state index is 0.279. The van der Waals surface area contributed by atoms with Crippen LogP contribution in [0.1, 0.15) is 5.69 Å². The molecule has 3 nitrogen and oxygen atoms in total. The Morgan fingerprint density at radius 1 is 1.43 bits per heavy atom. The van der Waals surface area contributed by atoms with Crippen LogP contribution in [-0.2, 0) is 5.33 Å². The van der Waals surface area contributed by atoms with Gasteiger partial charge < -0.3 is 0 Å². The van der Waals surface area contributed by atoms with Gasteiger partial charge in [0.2, 0.25) is 0 Å². The summed E-state index contributed by atoms with van der Waals surface area (Å²) in [7, 11) is 0. The van der Waals surface area contributed by atoms with E-state index in [1.165, 1.54) is 12.1 Å². The van der Waals surface area contributed by atoms with Crippen molar-refractivity contribution in [2.45, 2.75) is 5.33 Å². The first-order chi connectivity index (χ1) is 6.81. The maximum atomic E-state index is 12.9. The summed E-state index contributed by atoms with van der Waals surface area (Å²) in [5.41, 5.74) is 1.56. The van der Waals surface area contributed by atoms with Crippen LogP contribution in [0.4, 0.5) is 4.39 Å². The van der Waals surface area contributed by atoms with Gasteiger partial charge in [-0.15, -0.1) is 5.10 Å². The predicted octanol–water partition coefficient (Wildman–Crippen LogP) is 2.30. The van der Waals surface area contributed by atoms with E-state index in [4.69, 9.17) is 0 Å². The highest BCUT2D eigenvalue weighted by Crippen LogP contribution is 2.12. The zero-order chi connectivity index (χ0) is 9.97. The van der Waals surface area contributed by atoms with E-state index in [-0.39, 0.29) is 5.82 Å². The third-order valence-electron chi connectivity index (χ3n) is 1.81. The van der Waals surface area contributed by atoms with Gasteiger partial charge in [-0.1, -0.05) is 27.2 Å². The van der Waals surface area contributed by atoms with Gasteiger partial charge in [-0.05, 0) is 18.2 Å². The van der Waals surface area contributed by atoms with Crippen LogP contribution in [0.5, 0.6) is 0 Å². The van der Waals surface area contributed by atoms with Gasteiger partial charge in [-0.25, -0.2) is 9.07 Å². The van der Waals surface area contributed by atoms with Crippen molar-refractivity contribution in [2.24, 2.45) is 0 Å². The summed E-state index contributed by atoms with van der Waals surface area (Å²) in [6.07, 6.45) is 1.64. The van der Waals surface area contributed by atoms with E-state index in [9.17, 15) is 4.39 Å². The topological polar surface area (TPSA) is 30.7 Å². The van der Waals surface area contributed by atoms with Crippen LogP contribution in [-0.4, -0.2) is 15.0 Å². The molecule has 0 aliphatic carbocycles. The molecule has 0 aliphatic rings. The first-order valence-corrected chi connectivity index (χ1v) is 5.15. The molecule has 2 rings (SSSR count). The first-order valence-electron chi connectivity index (χ1n) is 4.03. The molecule has 0 saturated heterocycles. The molecular weight excluding hydrogens is 249 g/mol. The fraction of sp³-hybridized carbons (Fsp3) is 0.111. The van der Waals surface area contributed by atoms with E-state index in [2.05, 4.69) is 26.2 Å². The van der Waals surface area contributed by atoms with Crippen LogP contribution >= 0.6 is 15.9 Å². The van der Waals surface area contributed by atoms with Crippen LogP contribution in [0, 0.1) is 5.82 Å². The lowest BCUT2D eigenvalue weighted by atomic mass is 10.3. The number of rotatable bonds is 2. The minimum atomic E-state index is -0.279. The lowest BCUT2D eigenvalue weighted by Gasteiger charge is -2.02. The summed E-state index contributed by atoms with van der Waals surface area (Å²) in [4.78, 5) is 0. The molecule has 14 heavy (non-hydrogen) atoms. The fourth-order valence-electron chi connectivity index (χ4n) is 1.17. The van der Waals surface area contributed by atoms with Crippen molar-refractivity contribution in [1.29, 1.82) is 0 Å². The van der Waals surface area contributed by atoms with E-state index in [0.29, 0.717) is 11.0 Å². The molecule has 1 aromatic heterocycles. The molecule has 72 valence electrons. The molecule has 0 spiro atoms. The molecule has 5 heteroatoms. The zero-order valence-corrected chi connectivity index (χ0v) is 8.78. The van der Waals surface area contributed by atoms with Gasteiger partial charge in [0.15, 0.2) is 0 Å². The molecule has 0 amide bonds. The fourth-order valence-corrected chi connectivity index (χ4v) is 1.55. The average Bonchev–Trinajstić information content (AvgIpc) is 2.65. The minimum Gasteiger partial charge on any atom is -0.217 e. The summed E-state index contributed by atoms with van der Waals surface area (Å²) in [6, 6.07) is 6.24. The molecule has 0 radical (unpaired) electrons. The summed E-state index contributed by atoms with van der Waals surface area (Å²) < 4.78 is 14.5. The molecular formula is C9H7BrFN3. The quantitative estimate of drug-likeness (QED) is 0.772. The van der Waals surface area contributed by atoms with Crippen molar-refractivity contribution in [1.82, 2.24) is 15.0 Å². The van der Waals surface area contributed by atoms with Crippen LogP contribution in [0.25, 0.3) is 5.69 Å². The van der Waals surface area contributed by atoms with Gasteiger partial charge in [0.1, 0.15) is 5.82 Å². The van der Waals surface area contributed by atoms with Gasteiger partial charge in [-0.2, -0.15) is 0 Å². The highest BCUT2D eigenvalue weighted by molar-refractivity contribution is 9.08. The molecule has 0 fully saturated rings. The third kappa shape index (κ3) is 1.68. The predicted molar refractivity (Wildman–Crippen MR) is 53.9 cm³/mol. The Bertz CT molecular complexity index is 441. The lowest BCUT2D eigenvalue weighted by molar-refractivity contribution is 0.624. The average molecular weight is 256 g/mol. The second kappa shape index (κ2) is 3.88. The zero-order valence-electron chi connectivity index (χ0n) is 7.19. The van der Waals surface area contributed by atoms with Crippen molar-refractivity contribution in [3.05, 3.63) is 42.0 Å². The lowest BCUT2D eigenvalue weighted by Crippen LogP contribution is -2.00. The van der Waals surface area contributed by atoms with Crippen LogP contribution in [0.2, 0.25) is 0 Å². The largest absolute Gasteiger partial charge is 0.217 e. The van der Waals surface area contributed by atoms with Crippen molar-refractivity contribution in [3.8, 4) is 5.69 Å². The molecule has 2 aromatic rings. The van der Waals surface area contributed by atoms with Crippen molar-refractivity contribution in [3.63, 3.8) is 0 Å². The maximum absolute atomic E-state index is 12.9. The molecule has 0 saturated carbocycles. The van der Waals surface area contributed by atoms with Crippen LogP contribution in [0.3, 0.4) is 0 Å². The Balaban J connectivity index is 2.49. The van der Waals surface area contributed by atoms with Gasteiger partial charge in [0.05, 0.1) is 17.6 Å². The van der Waals surface area contributed by atoms with Crippen LogP contribution in [0.15, 0.2) is 30.5 Å². The normalized spacial score (nSPS) is 10.4. The number of benzene rings is 1. The van der Waals surface area contributed by atoms with Gasteiger partial charge >= 0.3 is 0 Å². The SMILES string of the molecule is Fc1cccc(-n2nncc2CBr)c1. The van der Waals surface area contributed by atoms with Crippen LogP contribution < -0.4 is 0 Å². The first kappa shape index (κ1) is 9.33. The maximum Gasteiger partial charge on any atom is 0.125 e. The monoisotopic (exact) mass is 255 g/mol. The number of halogens is 2. The second-order valence-corrected chi connectivity index (χ2v) is 3.31.